The molecule has 1 N–H and O–H groups in total. The molecular formula is C24H40N4O4. The molecule has 8 nitrogen and oxygen atoms in total. The fourth-order valence-corrected chi connectivity index (χ4v) is 5.51. The SMILES string of the molecule is CN(C)CCN(Cc1ccco1)C(=O)[C@@H]1C[C@@H](O)CN1C1CCN(C2CCOCC2)CC1. The van der Waals surface area contributed by atoms with Crippen LogP contribution in [0, 0.1) is 0 Å². The molecule has 1 aromatic rings. The largest absolute Gasteiger partial charge is 0.467 e. The summed E-state index contributed by atoms with van der Waals surface area (Å²) in [4.78, 5) is 22.6. The molecule has 1 aromatic heterocycles. The number of hydrogen-bond acceptors (Lipinski definition) is 7. The molecular weight excluding hydrogens is 408 g/mol. The van der Waals surface area contributed by atoms with Crippen molar-refractivity contribution in [1.29, 1.82) is 0 Å². The molecule has 8 heteroatoms. The van der Waals surface area contributed by atoms with Gasteiger partial charge in [0.1, 0.15) is 5.76 Å². The Kier molecular flexibility index (Phi) is 8.23. The van der Waals surface area contributed by atoms with Crippen LogP contribution in [-0.4, -0.2) is 115 Å². The molecule has 4 heterocycles. The Morgan fingerprint density at radius 1 is 1.12 bits per heavy atom. The first-order valence-corrected chi connectivity index (χ1v) is 12.2. The van der Waals surface area contributed by atoms with E-state index in [1.807, 2.05) is 31.1 Å². The monoisotopic (exact) mass is 448 g/mol. The summed E-state index contributed by atoms with van der Waals surface area (Å²) in [5.74, 6) is 0.915. The van der Waals surface area contributed by atoms with Gasteiger partial charge in [-0.2, -0.15) is 0 Å². The molecule has 0 saturated carbocycles. The molecule has 180 valence electrons. The number of carbonyl (C=O) groups excluding carboxylic acids is 1. The Morgan fingerprint density at radius 3 is 2.53 bits per heavy atom. The number of likely N-dealkylation sites (tertiary alicyclic amines) is 2. The maximum atomic E-state index is 13.7. The number of piperidine rings is 1. The zero-order valence-electron chi connectivity index (χ0n) is 19.7. The van der Waals surface area contributed by atoms with E-state index in [-0.39, 0.29) is 11.9 Å². The average molecular weight is 449 g/mol. The van der Waals surface area contributed by atoms with E-state index < -0.39 is 6.10 Å². The standard InChI is InChI=1S/C24H40N4O4/c1-25(2)11-12-27(18-22-4-3-13-32-22)24(30)23-16-21(29)17-28(23)20-5-9-26(10-6-20)19-7-14-31-15-8-19/h3-4,13,19-21,23,29H,5-12,14-18H2,1-2H3/t21-,23+/m1/s1. The predicted octanol–water partition coefficient (Wildman–Crippen LogP) is 1.25. The first-order chi connectivity index (χ1) is 15.5. The Labute approximate surface area is 192 Å². The third-order valence-electron chi connectivity index (χ3n) is 7.33. The predicted molar refractivity (Wildman–Crippen MR) is 122 cm³/mol. The van der Waals surface area contributed by atoms with E-state index in [0.717, 1.165) is 64.3 Å². The number of furan rings is 1. The smallest absolute Gasteiger partial charge is 0.240 e. The highest BCUT2D eigenvalue weighted by Gasteiger charge is 2.42. The Bertz CT molecular complexity index is 699. The van der Waals surface area contributed by atoms with Gasteiger partial charge in [0.25, 0.3) is 0 Å². The fraction of sp³-hybridized carbons (Fsp3) is 0.792. The van der Waals surface area contributed by atoms with Crippen molar-refractivity contribution in [2.24, 2.45) is 0 Å². The normalized spacial score (nSPS) is 26.8. The van der Waals surface area contributed by atoms with Gasteiger partial charge in [0.2, 0.25) is 5.91 Å². The summed E-state index contributed by atoms with van der Waals surface area (Å²) < 4.78 is 11.1. The van der Waals surface area contributed by atoms with Crippen LogP contribution in [0.5, 0.6) is 0 Å². The Hall–Kier alpha value is -1.45. The molecule has 0 spiro atoms. The van der Waals surface area contributed by atoms with Crippen molar-refractivity contribution in [3.05, 3.63) is 24.2 Å². The van der Waals surface area contributed by atoms with Gasteiger partial charge in [-0.3, -0.25) is 9.69 Å². The molecule has 1 amide bonds. The summed E-state index contributed by atoms with van der Waals surface area (Å²) in [6.45, 7) is 6.40. The van der Waals surface area contributed by atoms with E-state index in [1.54, 1.807) is 6.26 Å². The van der Waals surface area contributed by atoms with Crippen molar-refractivity contribution in [2.75, 3.05) is 60.0 Å². The second-order valence-corrected chi connectivity index (χ2v) is 9.86. The number of amides is 1. The average Bonchev–Trinajstić information content (AvgIpc) is 3.46. The number of carbonyl (C=O) groups is 1. The third kappa shape index (κ3) is 5.91. The van der Waals surface area contributed by atoms with Gasteiger partial charge < -0.3 is 29.0 Å². The number of likely N-dealkylation sites (N-methyl/N-ethyl adjacent to an activating group) is 1. The number of aliphatic hydroxyl groups excluding tert-OH is 1. The van der Waals surface area contributed by atoms with Gasteiger partial charge >= 0.3 is 0 Å². The summed E-state index contributed by atoms with van der Waals surface area (Å²) >= 11 is 0. The van der Waals surface area contributed by atoms with Gasteiger partial charge in [0.05, 0.1) is 25.0 Å². The highest BCUT2D eigenvalue weighted by Crippen LogP contribution is 2.29. The second-order valence-electron chi connectivity index (χ2n) is 9.86. The van der Waals surface area contributed by atoms with Crippen LogP contribution >= 0.6 is 0 Å². The summed E-state index contributed by atoms with van der Waals surface area (Å²) in [7, 11) is 4.04. The van der Waals surface area contributed by atoms with Crippen molar-refractivity contribution in [1.82, 2.24) is 19.6 Å². The van der Waals surface area contributed by atoms with Gasteiger partial charge in [0.15, 0.2) is 0 Å². The first kappa shape index (κ1) is 23.7. The van der Waals surface area contributed by atoms with E-state index in [1.165, 1.54) is 0 Å². The fourth-order valence-electron chi connectivity index (χ4n) is 5.51. The highest BCUT2D eigenvalue weighted by atomic mass is 16.5. The van der Waals surface area contributed by atoms with Crippen LogP contribution in [0.1, 0.15) is 37.9 Å². The molecule has 0 aromatic carbocycles. The molecule has 0 aliphatic carbocycles. The molecule has 3 aliphatic heterocycles. The summed E-state index contributed by atoms with van der Waals surface area (Å²) in [5.41, 5.74) is 0. The lowest BCUT2D eigenvalue weighted by Crippen LogP contribution is -2.54. The first-order valence-electron chi connectivity index (χ1n) is 12.2. The van der Waals surface area contributed by atoms with Crippen molar-refractivity contribution < 1.29 is 19.1 Å². The lowest BCUT2D eigenvalue weighted by molar-refractivity contribution is -0.138. The topological polar surface area (TPSA) is 72.6 Å². The number of β-amino-alcohol motifs (C(OH)–C–C–N with tert-alkyl or cyclic N) is 1. The van der Waals surface area contributed by atoms with Crippen molar-refractivity contribution in [2.45, 2.75) is 62.9 Å². The number of rotatable bonds is 8. The Balaban J connectivity index is 1.39. The van der Waals surface area contributed by atoms with Gasteiger partial charge in [0, 0.05) is 44.9 Å². The minimum absolute atomic E-state index is 0.117. The van der Waals surface area contributed by atoms with E-state index in [2.05, 4.69) is 14.7 Å². The van der Waals surface area contributed by atoms with E-state index in [4.69, 9.17) is 9.15 Å². The molecule has 0 radical (unpaired) electrons. The highest BCUT2D eigenvalue weighted by molar-refractivity contribution is 5.82. The maximum Gasteiger partial charge on any atom is 0.240 e. The molecule has 0 bridgehead atoms. The van der Waals surface area contributed by atoms with Crippen LogP contribution in [-0.2, 0) is 16.1 Å². The number of hydrogen-bond donors (Lipinski definition) is 1. The molecule has 32 heavy (non-hydrogen) atoms. The van der Waals surface area contributed by atoms with Crippen LogP contribution in [0.2, 0.25) is 0 Å². The van der Waals surface area contributed by atoms with Crippen LogP contribution in [0.25, 0.3) is 0 Å². The van der Waals surface area contributed by atoms with Crippen LogP contribution in [0.15, 0.2) is 22.8 Å². The van der Waals surface area contributed by atoms with Crippen LogP contribution in [0.4, 0.5) is 0 Å². The van der Waals surface area contributed by atoms with Gasteiger partial charge in [-0.25, -0.2) is 0 Å². The number of nitrogens with zero attached hydrogens (tertiary/aromatic N) is 4. The molecule has 0 unspecified atom stereocenters. The molecule has 3 aliphatic rings. The summed E-state index contributed by atoms with van der Waals surface area (Å²) in [6, 6.07) is 4.53. The Morgan fingerprint density at radius 2 is 1.88 bits per heavy atom. The van der Waals surface area contributed by atoms with E-state index in [0.29, 0.717) is 38.1 Å². The van der Waals surface area contributed by atoms with Crippen molar-refractivity contribution in [3.63, 3.8) is 0 Å². The van der Waals surface area contributed by atoms with Crippen LogP contribution < -0.4 is 0 Å². The second kappa shape index (κ2) is 11.1. The van der Waals surface area contributed by atoms with E-state index in [9.17, 15) is 9.90 Å². The number of aliphatic hydroxyl groups is 1. The van der Waals surface area contributed by atoms with Crippen molar-refractivity contribution in [3.8, 4) is 0 Å². The van der Waals surface area contributed by atoms with Gasteiger partial charge in [-0.1, -0.05) is 0 Å². The minimum Gasteiger partial charge on any atom is -0.467 e. The zero-order chi connectivity index (χ0) is 22.5. The molecule has 3 saturated heterocycles. The quantitative estimate of drug-likeness (QED) is 0.642. The zero-order valence-corrected chi connectivity index (χ0v) is 19.7. The van der Waals surface area contributed by atoms with Gasteiger partial charge in [-0.15, -0.1) is 0 Å². The lowest BCUT2D eigenvalue weighted by atomic mass is 9.98. The maximum absolute atomic E-state index is 13.7. The van der Waals surface area contributed by atoms with Crippen LogP contribution in [0.3, 0.4) is 0 Å². The van der Waals surface area contributed by atoms with E-state index >= 15 is 0 Å². The number of ether oxygens (including phenoxy) is 1. The summed E-state index contributed by atoms with van der Waals surface area (Å²) in [5, 5.41) is 10.5. The minimum atomic E-state index is -0.434. The molecule has 4 rings (SSSR count). The third-order valence-corrected chi connectivity index (χ3v) is 7.33. The van der Waals surface area contributed by atoms with Gasteiger partial charge in [-0.05, 0) is 71.4 Å². The lowest BCUT2D eigenvalue weighted by Gasteiger charge is -2.43. The van der Waals surface area contributed by atoms with Crippen molar-refractivity contribution >= 4 is 5.91 Å². The molecule has 3 fully saturated rings. The molecule has 2 atom stereocenters. The summed E-state index contributed by atoms with van der Waals surface area (Å²) in [6.07, 6.45) is 6.12.